The quantitative estimate of drug-likeness (QED) is 0.702. The van der Waals surface area contributed by atoms with E-state index in [1.54, 1.807) is 23.0 Å². The maximum atomic E-state index is 13.5. The standard InChI is InChI=1S/C11H8FN3S/c12-8-3-1-2-7-9(6-16-11(7)8)15-5-4-10(13)14-15/h1-6H,(H2,13,14). The topological polar surface area (TPSA) is 43.8 Å². The van der Waals surface area contributed by atoms with Gasteiger partial charge in [0.05, 0.1) is 10.4 Å². The Morgan fingerprint density at radius 3 is 2.94 bits per heavy atom. The molecule has 0 amide bonds. The highest BCUT2D eigenvalue weighted by Crippen LogP contribution is 2.30. The van der Waals surface area contributed by atoms with Gasteiger partial charge in [-0.3, -0.25) is 0 Å². The van der Waals surface area contributed by atoms with Gasteiger partial charge in [0.1, 0.15) is 11.6 Å². The Hall–Kier alpha value is -1.88. The molecule has 2 heterocycles. The maximum absolute atomic E-state index is 13.5. The Kier molecular flexibility index (Phi) is 1.94. The molecule has 0 aliphatic heterocycles. The zero-order chi connectivity index (χ0) is 11.1. The number of nitrogen functional groups attached to an aromatic ring is 1. The molecule has 3 rings (SSSR count). The number of hydrogen-bond acceptors (Lipinski definition) is 3. The van der Waals surface area contributed by atoms with Crippen LogP contribution in [0.15, 0.2) is 35.8 Å². The molecule has 2 aromatic heterocycles. The van der Waals surface area contributed by atoms with Gasteiger partial charge in [0.15, 0.2) is 0 Å². The summed E-state index contributed by atoms with van der Waals surface area (Å²) in [6.45, 7) is 0. The molecule has 0 saturated heterocycles. The average Bonchev–Trinajstić information content (AvgIpc) is 2.84. The van der Waals surface area contributed by atoms with Crippen LogP contribution in [0.5, 0.6) is 0 Å². The minimum absolute atomic E-state index is 0.200. The molecule has 80 valence electrons. The highest BCUT2D eigenvalue weighted by molar-refractivity contribution is 7.17. The zero-order valence-corrected chi connectivity index (χ0v) is 9.04. The maximum Gasteiger partial charge on any atom is 0.145 e. The van der Waals surface area contributed by atoms with Gasteiger partial charge in [0.25, 0.3) is 0 Å². The molecule has 1 aromatic carbocycles. The molecule has 0 atom stereocenters. The summed E-state index contributed by atoms with van der Waals surface area (Å²) in [4.78, 5) is 0. The van der Waals surface area contributed by atoms with Gasteiger partial charge in [-0.25, -0.2) is 9.07 Å². The van der Waals surface area contributed by atoms with Gasteiger partial charge in [-0.05, 0) is 6.07 Å². The number of aromatic nitrogens is 2. The van der Waals surface area contributed by atoms with Crippen LogP contribution in [-0.4, -0.2) is 9.78 Å². The molecule has 2 N–H and O–H groups in total. The summed E-state index contributed by atoms with van der Waals surface area (Å²) in [6.07, 6.45) is 1.77. The molecule has 0 unspecified atom stereocenters. The van der Waals surface area contributed by atoms with Crippen molar-refractivity contribution in [2.24, 2.45) is 0 Å². The molecule has 3 nitrogen and oxygen atoms in total. The second kappa shape index (κ2) is 3.31. The number of hydrogen-bond donors (Lipinski definition) is 1. The summed E-state index contributed by atoms with van der Waals surface area (Å²) in [6, 6.07) is 6.74. The first-order valence-corrected chi connectivity index (χ1v) is 5.61. The molecule has 0 fully saturated rings. The molecule has 0 aliphatic carbocycles. The minimum atomic E-state index is -0.200. The first-order chi connectivity index (χ1) is 7.75. The predicted octanol–water partition coefficient (Wildman–Crippen LogP) is 2.81. The third-order valence-electron chi connectivity index (χ3n) is 2.39. The van der Waals surface area contributed by atoms with Crippen molar-refractivity contribution in [2.75, 3.05) is 5.73 Å². The van der Waals surface area contributed by atoms with Crippen molar-refractivity contribution < 1.29 is 4.39 Å². The van der Waals surface area contributed by atoms with Crippen LogP contribution in [0.3, 0.4) is 0 Å². The lowest BCUT2D eigenvalue weighted by Gasteiger charge is -1.98. The zero-order valence-electron chi connectivity index (χ0n) is 8.22. The van der Waals surface area contributed by atoms with E-state index in [9.17, 15) is 4.39 Å². The van der Waals surface area contributed by atoms with Crippen LogP contribution in [0.25, 0.3) is 15.8 Å². The number of thiophene rings is 1. The number of fused-ring (bicyclic) bond motifs is 1. The fraction of sp³-hybridized carbons (Fsp3) is 0. The van der Waals surface area contributed by atoms with Crippen LogP contribution in [0.2, 0.25) is 0 Å². The Morgan fingerprint density at radius 1 is 1.31 bits per heavy atom. The smallest absolute Gasteiger partial charge is 0.145 e. The second-order valence-corrected chi connectivity index (χ2v) is 4.30. The van der Waals surface area contributed by atoms with Gasteiger partial charge in [-0.15, -0.1) is 11.3 Å². The van der Waals surface area contributed by atoms with Crippen molar-refractivity contribution in [3.8, 4) is 5.69 Å². The lowest BCUT2D eigenvalue weighted by molar-refractivity contribution is 0.641. The monoisotopic (exact) mass is 233 g/mol. The van der Waals surface area contributed by atoms with Crippen LogP contribution in [0.4, 0.5) is 10.2 Å². The summed E-state index contributed by atoms with van der Waals surface area (Å²) in [5.74, 6) is 0.254. The van der Waals surface area contributed by atoms with Crippen molar-refractivity contribution >= 4 is 27.2 Å². The van der Waals surface area contributed by atoms with Gasteiger partial charge in [-0.2, -0.15) is 5.10 Å². The van der Waals surface area contributed by atoms with E-state index in [1.807, 2.05) is 11.4 Å². The Morgan fingerprint density at radius 2 is 2.19 bits per heavy atom. The lowest BCUT2D eigenvalue weighted by atomic mass is 10.2. The number of nitrogens with two attached hydrogens (primary N) is 1. The first kappa shape index (κ1) is 9.35. The van der Waals surface area contributed by atoms with Crippen molar-refractivity contribution in [3.63, 3.8) is 0 Å². The molecular weight excluding hydrogens is 225 g/mol. The summed E-state index contributed by atoms with van der Waals surface area (Å²) in [5.41, 5.74) is 6.41. The summed E-state index contributed by atoms with van der Waals surface area (Å²) in [7, 11) is 0. The fourth-order valence-electron chi connectivity index (χ4n) is 1.66. The van der Waals surface area contributed by atoms with E-state index in [0.29, 0.717) is 10.5 Å². The second-order valence-electron chi connectivity index (χ2n) is 3.42. The van der Waals surface area contributed by atoms with Gasteiger partial charge in [-0.1, -0.05) is 12.1 Å². The SMILES string of the molecule is Nc1ccn(-c2csc3c(F)cccc23)n1. The van der Waals surface area contributed by atoms with Crippen molar-refractivity contribution in [1.29, 1.82) is 0 Å². The van der Waals surface area contributed by atoms with E-state index in [4.69, 9.17) is 5.73 Å². The van der Waals surface area contributed by atoms with Gasteiger partial charge in [0, 0.05) is 23.0 Å². The third kappa shape index (κ3) is 1.29. The summed E-state index contributed by atoms with van der Waals surface area (Å²) in [5, 5.41) is 6.84. The van der Waals surface area contributed by atoms with Crippen molar-refractivity contribution in [2.45, 2.75) is 0 Å². The van der Waals surface area contributed by atoms with Crippen LogP contribution in [0.1, 0.15) is 0 Å². The molecule has 0 spiro atoms. The molecule has 5 heteroatoms. The normalized spacial score (nSPS) is 11.1. The molecule has 0 saturated carbocycles. The van der Waals surface area contributed by atoms with Crippen LogP contribution in [-0.2, 0) is 0 Å². The van der Waals surface area contributed by atoms with Crippen LogP contribution >= 0.6 is 11.3 Å². The van der Waals surface area contributed by atoms with Crippen LogP contribution in [0, 0.1) is 5.82 Å². The average molecular weight is 233 g/mol. The molecule has 0 aliphatic rings. The third-order valence-corrected chi connectivity index (χ3v) is 3.38. The van der Waals surface area contributed by atoms with Crippen LogP contribution < -0.4 is 5.73 Å². The van der Waals surface area contributed by atoms with E-state index >= 15 is 0 Å². The van der Waals surface area contributed by atoms with E-state index in [0.717, 1.165) is 11.1 Å². The highest BCUT2D eigenvalue weighted by Gasteiger charge is 2.09. The number of nitrogens with zero attached hydrogens (tertiary/aromatic N) is 2. The summed E-state index contributed by atoms with van der Waals surface area (Å²) >= 11 is 1.37. The first-order valence-electron chi connectivity index (χ1n) is 4.73. The largest absolute Gasteiger partial charge is 0.382 e. The van der Waals surface area contributed by atoms with E-state index in [1.165, 1.54) is 17.4 Å². The number of benzene rings is 1. The molecule has 0 radical (unpaired) electrons. The minimum Gasteiger partial charge on any atom is -0.382 e. The predicted molar refractivity (Wildman–Crippen MR) is 63.3 cm³/mol. The van der Waals surface area contributed by atoms with Gasteiger partial charge >= 0.3 is 0 Å². The lowest BCUT2D eigenvalue weighted by Crippen LogP contribution is -1.94. The molecular formula is C11H8FN3S. The highest BCUT2D eigenvalue weighted by atomic mass is 32.1. The molecule has 3 aromatic rings. The Labute approximate surface area is 94.9 Å². The number of halogens is 1. The Bertz CT molecular complexity index is 656. The van der Waals surface area contributed by atoms with Crippen molar-refractivity contribution in [1.82, 2.24) is 9.78 Å². The van der Waals surface area contributed by atoms with Crippen molar-refractivity contribution in [3.05, 3.63) is 41.7 Å². The van der Waals surface area contributed by atoms with E-state index in [-0.39, 0.29) is 5.82 Å². The number of anilines is 1. The van der Waals surface area contributed by atoms with Gasteiger partial charge < -0.3 is 5.73 Å². The number of rotatable bonds is 1. The molecule has 16 heavy (non-hydrogen) atoms. The Balaban J connectivity index is 2.29. The van der Waals surface area contributed by atoms with E-state index < -0.39 is 0 Å². The van der Waals surface area contributed by atoms with Gasteiger partial charge in [0.2, 0.25) is 0 Å². The summed E-state index contributed by atoms with van der Waals surface area (Å²) < 4.78 is 15.8. The molecule has 0 bridgehead atoms. The fourth-order valence-corrected chi connectivity index (χ4v) is 2.60. The van der Waals surface area contributed by atoms with E-state index in [2.05, 4.69) is 5.10 Å².